The number of ether oxygens (including phenoxy) is 1. The van der Waals surface area contributed by atoms with Crippen molar-refractivity contribution in [3.05, 3.63) is 33.3 Å². The summed E-state index contributed by atoms with van der Waals surface area (Å²) in [6.45, 7) is 1.43. The number of nitrogens with zero attached hydrogens (tertiary/aromatic N) is 1. The van der Waals surface area contributed by atoms with E-state index in [-0.39, 0.29) is 25.3 Å². The van der Waals surface area contributed by atoms with Crippen LogP contribution in [0.4, 0.5) is 0 Å². The van der Waals surface area contributed by atoms with Gasteiger partial charge in [-0.25, -0.2) is 4.79 Å². The molecule has 1 saturated heterocycles. The molecule has 2 amide bonds. The number of esters is 1. The van der Waals surface area contributed by atoms with Crippen LogP contribution in [0.2, 0.25) is 5.02 Å². The molecule has 1 heterocycles. The lowest BCUT2D eigenvalue weighted by Gasteiger charge is -2.24. The fourth-order valence-corrected chi connectivity index (χ4v) is 3.54. The molecule has 0 radical (unpaired) electrons. The van der Waals surface area contributed by atoms with Crippen LogP contribution in [-0.2, 0) is 25.5 Å². The summed E-state index contributed by atoms with van der Waals surface area (Å²) in [5, 5.41) is 12.9. The van der Waals surface area contributed by atoms with Gasteiger partial charge in [0.15, 0.2) is 0 Å². The molecule has 0 unspecified atom stereocenters. The van der Waals surface area contributed by atoms with Crippen molar-refractivity contribution in [1.82, 2.24) is 10.2 Å². The molecule has 1 aliphatic heterocycles. The van der Waals surface area contributed by atoms with Crippen molar-refractivity contribution in [3.63, 3.8) is 0 Å². The number of halogens is 2. The third-order valence-electron chi connectivity index (χ3n) is 4.22. The quantitative estimate of drug-likeness (QED) is 0.663. The van der Waals surface area contributed by atoms with Crippen LogP contribution in [0.1, 0.15) is 18.9 Å². The highest BCUT2D eigenvalue weighted by molar-refractivity contribution is 9.10. The van der Waals surface area contributed by atoms with Crippen molar-refractivity contribution < 1.29 is 24.2 Å². The van der Waals surface area contributed by atoms with E-state index in [0.29, 0.717) is 5.02 Å². The Kier molecular flexibility index (Phi) is 7.02. The van der Waals surface area contributed by atoms with Gasteiger partial charge in [0.25, 0.3) is 0 Å². The first-order valence-corrected chi connectivity index (χ1v) is 9.17. The molecule has 3 atom stereocenters. The summed E-state index contributed by atoms with van der Waals surface area (Å²) in [6, 6.07) is 3.37. The molecule has 26 heavy (non-hydrogen) atoms. The van der Waals surface area contributed by atoms with E-state index in [1.165, 1.54) is 18.9 Å². The van der Waals surface area contributed by atoms with Crippen molar-refractivity contribution in [1.29, 1.82) is 0 Å². The van der Waals surface area contributed by atoms with Gasteiger partial charge in [0.2, 0.25) is 11.8 Å². The van der Waals surface area contributed by atoms with Gasteiger partial charge in [-0.05, 0) is 23.8 Å². The minimum atomic E-state index is -0.950. The molecule has 2 N–H and O–H groups in total. The minimum Gasteiger partial charge on any atom is -0.467 e. The Labute approximate surface area is 164 Å². The van der Waals surface area contributed by atoms with Crippen LogP contribution < -0.4 is 5.32 Å². The second kappa shape index (κ2) is 8.83. The van der Waals surface area contributed by atoms with E-state index in [2.05, 4.69) is 21.2 Å². The number of nitrogens with one attached hydrogen (secondary N) is 1. The molecule has 7 nitrogen and oxygen atoms in total. The number of benzene rings is 1. The van der Waals surface area contributed by atoms with Crippen LogP contribution >= 0.6 is 27.5 Å². The van der Waals surface area contributed by atoms with E-state index in [0.717, 1.165) is 10.0 Å². The molecule has 1 aromatic carbocycles. The number of carbonyl (C=O) groups is 3. The number of hydrogen-bond acceptors (Lipinski definition) is 5. The van der Waals surface area contributed by atoms with E-state index >= 15 is 0 Å². The Morgan fingerprint density at radius 1 is 1.46 bits per heavy atom. The molecular formula is C17H20BrClN2O5. The van der Waals surface area contributed by atoms with Crippen LogP contribution in [0.15, 0.2) is 22.7 Å². The summed E-state index contributed by atoms with van der Waals surface area (Å²) in [5.41, 5.74) is 0.725. The van der Waals surface area contributed by atoms with Crippen LogP contribution in [0.3, 0.4) is 0 Å². The molecule has 0 aromatic heterocycles. The van der Waals surface area contributed by atoms with E-state index in [9.17, 15) is 19.5 Å². The van der Waals surface area contributed by atoms with Crippen LogP contribution in [0, 0.1) is 0 Å². The van der Waals surface area contributed by atoms with Crippen LogP contribution in [0.25, 0.3) is 0 Å². The molecule has 0 bridgehead atoms. The average molecular weight is 448 g/mol. The van der Waals surface area contributed by atoms with Crippen molar-refractivity contribution in [2.75, 3.05) is 13.7 Å². The second-order valence-corrected chi connectivity index (χ2v) is 7.39. The van der Waals surface area contributed by atoms with Gasteiger partial charge < -0.3 is 20.1 Å². The number of carbonyl (C=O) groups excluding carboxylic acids is 3. The monoisotopic (exact) mass is 446 g/mol. The standard InChI is InChI=1S/C17H20BrClN2O5/c1-9(22)21-8-12(23)7-15(21)16(24)20-14(17(25)26-2)6-10-5-11(19)3-4-13(10)18/h3-5,12,14-15,23H,6-8H2,1-2H3,(H,20,24)/t12-,14+,15+/m1/s1. The van der Waals surface area contributed by atoms with Crippen molar-refractivity contribution in [3.8, 4) is 0 Å². The lowest BCUT2D eigenvalue weighted by atomic mass is 10.0. The zero-order chi connectivity index (χ0) is 19.4. The normalized spacial score (nSPS) is 20.6. The largest absolute Gasteiger partial charge is 0.467 e. The fourth-order valence-electron chi connectivity index (χ4n) is 2.93. The SMILES string of the molecule is COC(=O)[C@H](Cc1cc(Cl)ccc1Br)NC(=O)[C@@H]1C[C@@H](O)CN1C(C)=O. The second-order valence-electron chi connectivity index (χ2n) is 6.10. The van der Waals surface area contributed by atoms with Gasteiger partial charge in [0, 0.05) is 35.8 Å². The minimum absolute atomic E-state index is 0.0934. The number of aliphatic hydroxyl groups excluding tert-OH is 1. The zero-order valence-corrected chi connectivity index (χ0v) is 16.7. The van der Waals surface area contributed by atoms with Crippen molar-refractivity contribution in [2.24, 2.45) is 0 Å². The van der Waals surface area contributed by atoms with Gasteiger partial charge in [-0.3, -0.25) is 9.59 Å². The van der Waals surface area contributed by atoms with E-state index in [1.54, 1.807) is 18.2 Å². The number of amides is 2. The first-order valence-electron chi connectivity index (χ1n) is 8.00. The van der Waals surface area contributed by atoms with Crippen molar-refractivity contribution in [2.45, 2.75) is 38.0 Å². The topological polar surface area (TPSA) is 95.9 Å². The predicted octanol–water partition coefficient (Wildman–Crippen LogP) is 1.28. The third kappa shape index (κ3) is 4.96. The van der Waals surface area contributed by atoms with E-state index < -0.39 is 30.1 Å². The van der Waals surface area contributed by atoms with Crippen LogP contribution in [-0.4, -0.2) is 59.6 Å². The fraction of sp³-hybridized carbons (Fsp3) is 0.471. The number of hydrogen-bond donors (Lipinski definition) is 2. The number of likely N-dealkylation sites (tertiary alicyclic amines) is 1. The molecule has 142 valence electrons. The Hall–Kier alpha value is -1.64. The molecule has 1 aromatic rings. The van der Waals surface area contributed by atoms with E-state index in [4.69, 9.17) is 16.3 Å². The summed E-state index contributed by atoms with van der Waals surface area (Å²) in [4.78, 5) is 37.7. The summed E-state index contributed by atoms with van der Waals surface area (Å²) in [5.74, 6) is -1.43. The third-order valence-corrected chi connectivity index (χ3v) is 5.23. The Morgan fingerprint density at radius 3 is 2.77 bits per heavy atom. The van der Waals surface area contributed by atoms with E-state index in [1.807, 2.05) is 0 Å². The maximum absolute atomic E-state index is 12.6. The Balaban J connectivity index is 2.17. The molecule has 0 aliphatic carbocycles. The smallest absolute Gasteiger partial charge is 0.328 e. The van der Waals surface area contributed by atoms with Gasteiger partial charge in [-0.15, -0.1) is 0 Å². The summed E-state index contributed by atoms with van der Waals surface area (Å²) in [7, 11) is 1.23. The Morgan fingerprint density at radius 2 is 2.15 bits per heavy atom. The number of aliphatic hydroxyl groups is 1. The summed E-state index contributed by atoms with van der Waals surface area (Å²) in [6.07, 6.45) is -0.483. The number of methoxy groups -OCH3 is 1. The maximum atomic E-state index is 12.6. The van der Waals surface area contributed by atoms with Gasteiger partial charge >= 0.3 is 5.97 Å². The molecular weight excluding hydrogens is 428 g/mol. The predicted molar refractivity (Wildman–Crippen MR) is 98.6 cm³/mol. The zero-order valence-electron chi connectivity index (χ0n) is 14.4. The number of β-amino-alcohol motifs (C(OH)–C–C–N with tert-alkyl or cyclic N) is 1. The summed E-state index contributed by atoms with van der Waals surface area (Å²) >= 11 is 9.39. The van der Waals surface area contributed by atoms with Gasteiger partial charge in [0.1, 0.15) is 12.1 Å². The lowest BCUT2D eigenvalue weighted by molar-refractivity contribution is -0.146. The molecule has 9 heteroatoms. The van der Waals surface area contributed by atoms with Crippen molar-refractivity contribution >= 4 is 45.3 Å². The molecule has 1 fully saturated rings. The average Bonchev–Trinajstić information content (AvgIpc) is 2.99. The lowest BCUT2D eigenvalue weighted by Crippen LogP contribution is -2.51. The van der Waals surface area contributed by atoms with Crippen LogP contribution in [0.5, 0.6) is 0 Å². The van der Waals surface area contributed by atoms with Gasteiger partial charge in [-0.1, -0.05) is 27.5 Å². The molecule has 0 spiro atoms. The highest BCUT2D eigenvalue weighted by Crippen LogP contribution is 2.23. The first kappa shape index (κ1) is 20.7. The first-order chi connectivity index (χ1) is 12.2. The maximum Gasteiger partial charge on any atom is 0.328 e. The summed E-state index contributed by atoms with van der Waals surface area (Å²) < 4.78 is 5.52. The highest BCUT2D eigenvalue weighted by Gasteiger charge is 2.39. The molecule has 2 rings (SSSR count). The molecule has 0 saturated carbocycles. The van der Waals surface area contributed by atoms with Gasteiger partial charge in [0.05, 0.1) is 13.2 Å². The highest BCUT2D eigenvalue weighted by atomic mass is 79.9. The number of rotatable bonds is 5. The molecule has 1 aliphatic rings. The Bertz CT molecular complexity index is 714. The van der Waals surface area contributed by atoms with Gasteiger partial charge in [-0.2, -0.15) is 0 Å².